The van der Waals surface area contributed by atoms with Crippen LogP contribution in [0, 0.1) is 0 Å². The van der Waals surface area contributed by atoms with E-state index < -0.39 is 53.4 Å². The number of aromatic nitrogens is 8. The molecule has 2 aromatic carbocycles. The topological polar surface area (TPSA) is 411 Å². The molecule has 8 heterocycles. The van der Waals surface area contributed by atoms with E-state index in [0.29, 0.717) is 26.1 Å². The van der Waals surface area contributed by atoms with Gasteiger partial charge in [-0.25, -0.2) is 44.7 Å². The highest BCUT2D eigenvalue weighted by molar-refractivity contribution is 6.10. The maximum Gasteiger partial charge on any atom is 0.413 e. The molecular weight excluding hydrogens is 1710 g/mol. The van der Waals surface area contributed by atoms with E-state index in [0.717, 1.165) is 140 Å². The minimum atomic E-state index is -0.809. The average Bonchev–Trinajstić information content (AvgIpc) is 0.828. The second-order valence-electron chi connectivity index (χ2n) is 33.2. The Morgan fingerprint density at radius 1 is 0.244 bits per heavy atom. The van der Waals surface area contributed by atoms with Gasteiger partial charge < -0.3 is 66.2 Å². The van der Waals surface area contributed by atoms with Crippen molar-refractivity contribution in [2.75, 3.05) is 69.0 Å². The molecule has 0 fully saturated rings. The van der Waals surface area contributed by atoms with Crippen molar-refractivity contribution in [1.82, 2.24) is 45.2 Å². The molecule has 8 aromatic heterocycles. The Labute approximate surface area is 791 Å². The molecule has 9 N–H and O–H groups in total. The summed E-state index contributed by atoms with van der Waals surface area (Å²) in [4.78, 5) is 163. The van der Waals surface area contributed by atoms with Gasteiger partial charge in [0.2, 0.25) is 0 Å². The Kier molecular flexibility index (Phi) is 44.2. The lowest BCUT2D eigenvalue weighted by molar-refractivity contribution is 0.0930. The van der Waals surface area contributed by atoms with Gasteiger partial charge in [-0.1, -0.05) is 292 Å². The molecule has 0 aliphatic rings. The second-order valence-corrected chi connectivity index (χ2v) is 33.2. The molecule has 9 amide bonds. The molecule has 0 saturated carbocycles. The molecule has 1 unspecified atom stereocenters. The number of hydrogen-bond acceptors (Lipinski definition) is 22. The van der Waals surface area contributed by atoms with Gasteiger partial charge in [-0.2, -0.15) is 0 Å². The summed E-state index contributed by atoms with van der Waals surface area (Å²) in [5, 5.41) is 24.6. The van der Waals surface area contributed by atoms with Gasteiger partial charge in [0.25, 0.3) is 47.3 Å². The van der Waals surface area contributed by atoms with Crippen molar-refractivity contribution < 1.29 is 66.8 Å². The van der Waals surface area contributed by atoms with E-state index in [1.807, 2.05) is 67.6 Å². The first-order valence-electron chi connectivity index (χ1n) is 47.9. The number of pyridine rings is 8. The first kappa shape index (κ1) is 103. The smallest absolute Gasteiger partial charge is 0.413 e. The standard InChI is InChI=1S/C104H129N17O14/c1-6-10-14-18-22-26-30-40-60-131-76-64-80(96(122)105-73(5)75-50-38-35-39-51-75)106-81(65-76)97(123)114-88-52-44-53-89(110-88)115-98(124)82-66-77(132-61-41-31-27-23-19-15-11-7-2)67-83(107-82)99(125)116-90-54-45-55-91(111-90)117-100(126)84-68-78(133-62-42-32-28-24-20-16-12-8-3)69-85(108-84)101(127)118-92-56-46-57-93(112-92)119-102(128)86-70-79(134-63-43-33-29-25-21-17-13-9-4)71-87(109-86)103(129)120-94-58-47-59-95(113-94)121-104(130)135-72-74-48-36-34-37-49-74/h34-39,44-59,64-71,73H,6-33,40-43,60-63,72H2,1-5H3,(H,105,122)(H2,110,114,115,123,124)(H2,111,116,117,125,126)(H2,112,118,119,127,128)(H2,113,120,121,129,130). The zero-order valence-corrected chi connectivity index (χ0v) is 78.4. The van der Waals surface area contributed by atoms with Crippen LogP contribution in [0.4, 0.5) is 51.3 Å². The number of hydrogen-bond donors (Lipinski definition) is 9. The molecule has 31 nitrogen and oxygen atoms in total. The Morgan fingerprint density at radius 3 is 0.704 bits per heavy atom. The summed E-state index contributed by atoms with van der Waals surface area (Å²) in [5.74, 6) is -5.06. The zero-order chi connectivity index (χ0) is 95.4. The Balaban J connectivity index is 0.821. The summed E-state index contributed by atoms with van der Waals surface area (Å²) in [6.45, 7) is 11.8. The molecular formula is C104H129N17O14. The van der Waals surface area contributed by atoms with Gasteiger partial charge in [-0.15, -0.1) is 0 Å². The quantitative estimate of drug-likeness (QED) is 0.0160. The predicted molar refractivity (Wildman–Crippen MR) is 525 cm³/mol. The predicted octanol–water partition coefficient (Wildman–Crippen LogP) is 22.9. The molecule has 135 heavy (non-hydrogen) atoms. The SMILES string of the molecule is CCCCCCCCCCOc1cc(C(=O)Nc2cccc(NC(=O)OCc3ccccc3)n2)nc(C(=O)Nc2cccc(NC(=O)c3cc(OCCCCCCCCCC)cc(C(=O)Nc4cccc(NC(=O)c5cc(OCCCCCCCCCC)cc(C(=O)Nc6cccc(NC(=O)c7cc(OCCCCCCCCCC)cc(C(=O)NC(C)c8ccccc8)n7)n6)n5)n4)n3)n2)c1. The number of nitrogens with one attached hydrogen (secondary N) is 9. The highest BCUT2D eigenvalue weighted by Crippen LogP contribution is 2.28. The van der Waals surface area contributed by atoms with Crippen molar-refractivity contribution in [3.05, 3.63) is 239 Å². The molecule has 0 bridgehead atoms. The summed E-state index contributed by atoms with van der Waals surface area (Å²) >= 11 is 0. The van der Waals surface area contributed by atoms with Crippen LogP contribution >= 0.6 is 0 Å². The highest BCUT2D eigenvalue weighted by Gasteiger charge is 2.25. The molecule has 1 atom stereocenters. The fourth-order valence-electron chi connectivity index (χ4n) is 14.5. The lowest BCUT2D eigenvalue weighted by Gasteiger charge is -2.15. The van der Waals surface area contributed by atoms with Crippen LogP contribution in [0.15, 0.2) is 182 Å². The third-order valence-electron chi connectivity index (χ3n) is 21.9. The zero-order valence-electron chi connectivity index (χ0n) is 78.4. The van der Waals surface area contributed by atoms with Crippen molar-refractivity contribution in [3.8, 4) is 23.0 Å². The third kappa shape index (κ3) is 37.5. The van der Waals surface area contributed by atoms with E-state index in [4.69, 9.17) is 23.7 Å². The van der Waals surface area contributed by atoms with Gasteiger partial charge in [0, 0.05) is 48.5 Å². The van der Waals surface area contributed by atoms with Gasteiger partial charge in [0.1, 0.15) is 122 Å². The highest BCUT2D eigenvalue weighted by atomic mass is 16.5. The fourth-order valence-corrected chi connectivity index (χ4v) is 14.5. The maximum absolute atomic E-state index is 14.5. The lowest BCUT2D eigenvalue weighted by atomic mass is 10.1. The van der Waals surface area contributed by atoms with E-state index in [-0.39, 0.29) is 141 Å². The summed E-state index contributed by atoms with van der Waals surface area (Å²) in [5.41, 5.74) is 0.174. The van der Waals surface area contributed by atoms with Gasteiger partial charge in [0.15, 0.2) is 0 Å². The normalized spacial score (nSPS) is 11.1. The summed E-state index contributed by atoms with van der Waals surface area (Å²) in [6.07, 6.45) is 33.2. The van der Waals surface area contributed by atoms with Crippen LogP contribution in [0.3, 0.4) is 0 Å². The fraction of sp³-hybridized carbons (Fsp3) is 0.413. The number of carbonyl (C=O) groups excluding carboxylic acids is 9. The molecule has 10 rings (SSSR count). The molecule has 0 aliphatic heterocycles. The number of benzene rings is 2. The Bertz CT molecular complexity index is 5460. The largest absolute Gasteiger partial charge is 0.493 e. The first-order chi connectivity index (χ1) is 65.9. The van der Waals surface area contributed by atoms with Crippen LogP contribution in [-0.2, 0) is 11.3 Å². The van der Waals surface area contributed by atoms with Gasteiger partial charge in [0.05, 0.1) is 32.5 Å². The van der Waals surface area contributed by atoms with E-state index in [2.05, 4.69) is 115 Å². The monoisotopic (exact) mass is 1840 g/mol. The number of carbonyl (C=O) groups is 9. The Hall–Kier alpha value is -14.1. The van der Waals surface area contributed by atoms with Crippen LogP contribution in [-0.4, -0.2) is 120 Å². The van der Waals surface area contributed by atoms with Crippen LogP contribution in [0.5, 0.6) is 23.0 Å². The summed E-state index contributed by atoms with van der Waals surface area (Å²) < 4.78 is 30.1. The van der Waals surface area contributed by atoms with E-state index in [1.54, 1.807) is 18.2 Å². The molecule has 31 heteroatoms. The van der Waals surface area contributed by atoms with Gasteiger partial charge in [-0.3, -0.25) is 43.7 Å². The number of anilines is 8. The summed E-state index contributed by atoms with van der Waals surface area (Å²) in [6, 6.07) is 47.9. The number of ether oxygens (including phenoxy) is 5. The van der Waals surface area contributed by atoms with Crippen molar-refractivity contribution in [1.29, 1.82) is 0 Å². The number of amides is 9. The van der Waals surface area contributed by atoms with Crippen molar-refractivity contribution in [2.45, 2.75) is 253 Å². The van der Waals surface area contributed by atoms with Crippen molar-refractivity contribution >= 4 is 99.9 Å². The van der Waals surface area contributed by atoms with E-state index in [9.17, 15) is 43.2 Å². The molecule has 0 spiro atoms. The number of unbranched alkanes of at least 4 members (excludes halogenated alkanes) is 28. The molecule has 0 radical (unpaired) electrons. The lowest BCUT2D eigenvalue weighted by Crippen LogP contribution is -2.28. The minimum absolute atomic E-state index is 0.00540. The van der Waals surface area contributed by atoms with Crippen LogP contribution in [0.1, 0.15) is 341 Å². The van der Waals surface area contributed by atoms with Crippen molar-refractivity contribution in [2.24, 2.45) is 0 Å². The van der Waals surface area contributed by atoms with Crippen LogP contribution < -0.4 is 66.8 Å². The van der Waals surface area contributed by atoms with Crippen LogP contribution in [0.25, 0.3) is 0 Å². The van der Waals surface area contributed by atoms with Crippen LogP contribution in [0.2, 0.25) is 0 Å². The first-order valence-corrected chi connectivity index (χ1v) is 47.9. The van der Waals surface area contributed by atoms with Gasteiger partial charge in [-0.05, 0) is 92.3 Å². The molecule has 0 saturated heterocycles. The number of rotatable bonds is 60. The van der Waals surface area contributed by atoms with E-state index >= 15 is 0 Å². The maximum atomic E-state index is 14.5. The average molecular weight is 1840 g/mol. The minimum Gasteiger partial charge on any atom is -0.493 e. The third-order valence-corrected chi connectivity index (χ3v) is 21.9. The molecule has 10 aromatic rings. The Morgan fingerprint density at radius 2 is 0.459 bits per heavy atom. The number of nitrogens with zero attached hydrogens (tertiary/aromatic N) is 8. The van der Waals surface area contributed by atoms with E-state index in [1.165, 1.54) is 167 Å². The van der Waals surface area contributed by atoms with Gasteiger partial charge >= 0.3 is 6.09 Å². The molecule has 0 aliphatic carbocycles. The summed E-state index contributed by atoms with van der Waals surface area (Å²) in [7, 11) is 0. The van der Waals surface area contributed by atoms with Crippen molar-refractivity contribution in [3.63, 3.8) is 0 Å². The molecule has 714 valence electrons. The second kappa shape index (κ2) is 58.0.